The smallest absolute Gasteiger partial charge is 0.416 e. The summed E-state index contributed by atoms with van der Waals surface area (Å²) in [6.07, 6.45) is 4.45. The Morgan fingerprint density at radius 2 is 2.15 bits per heavy atom. The number of anilines is 2. The SMILES string of the molecule is CC(C)(C)OC(=O)N(CC1CC1)c1cc(N2COC=C2C(=O)O)ccn1. The molecule has 8 heteroatoms. The molecule has 0 atom stereocenters. The molecule has 1 fully saturated rings. The number of aromatic nitrogens is 1. The monoisotopic (exact) mass is 361 g/mol. The van der Waals surface area contributed by atoms with Crippen LogP contribution in [0.4, 0.5) is 16.3 Å². The Hall–Kier alpha value is -2.77. The van der Waals surface area contributed by atoms with E-state index >= 15 is 0 Å². The Morgan fingerprint density at radius 3 is 2.77 bits per heavy atom. The van der Waals surface area contributed by atoms with Crippen LogP contribution in [-0.2, 0) is 14.3 Å². The van der Waals surface area contributed by atoms with E-state index in [1.807, 2.05) is 20.8 Å². The van der Waals surface area contributed by atoms with Gasteiger partial charge in [0.05, 0.1) is 0 Å². The lowest BCUT2D eigenvalue weighted by molar-refractivity contribution is -0.132. The van der Waals surface area contributed by atoms with Gasteiger partial charge in [-0.2, -0.15) is 0 Å². The highest BCUT2D eigenvalue weighted by Gasteiger charge is 2.32. The number of rotatable bonds is 5. The van der Waals surface area contributed by atoms with Crippen LogP contribution in [0.2, 0.25) is 0 Å². The van der Waals surface area contributed by atoms with Crippen LogP contribution in [0.15, 0.2) is 30.3 Å². The third-order valence-electron chi connectivity index (χ3n) is 3.98. The second-order valence-corrected chi connectivity index (χ2v) is 7.44. The molecule has 3 rings (SSSR count). The van der Waals surface area contributed by atoms with Gasteiger partial charge >= 0.3 is 12.1 Å². The molecule has 0 radical (unpaired) electrons. The summed E-state index contributed by atoms with van der Waals surface area (Å²) < 4.78 is 10.6. The van der Waals surface area contributed by atoms with E-state index < -0.39 is 17.7 Å². The number of carboxylic acid groups (broad SMARTS) is 1. The maximum atomic E-state index is 12.6. The lowest BCUT2D eigenvalue weighted by atomic mass is 10.2. The average molecular weight is 361 g/mol. The number of amides is 1. The molecule has 0 spiro atoms. The summed E-state index contributed by atoms with van der Waals surface area (Å²) in [6, 6.07) is 3.36. The lowest BCUT2D eigenvalue weighted by Crippen LogP contribution is -2.38. The molecular weight excluding hydrogens is 338 g/mol. The maximum absolute atomic E-state index is 12.6. The summed E-state index contributed by atoms with van der Waals surface area (Å²) in [4.78, 5) is 31.3. The lowest BCUT2D eigenvalue weighted by Gasteiger charge is -2.27. The maximum Gasteiger partial charge on any atom is 0.416 e. The van der Waals surface area contributed by atoms with Crippen LogP contribution in [0.5, 0.6) is 0 Å². The van der Waals surface area contributed by atoms with Crippen molar-refractivity contribution in [2.45, 2.75) is 39.2 Å². The molecule has 0 unspecified atom stereocenters. The second-order valence-electron chi connectivity index (χ2n) is 7.44. The van der Waals surface area contributed by atoms with E-state index in [1.165, 1.54) is 16.1 Å². The number of carbonyl (C=O) groups is 2. The highest BCUT2D eigenvalue weighted by Crippen LogP contribution is 2.33. The van der Waals surface area contributed by atoms with Crippen LogP contribution in [0.1, 0.15) is 33.6 Å². The van der Waals surface area contributed by atoms with E-state index in [-0.39, 0.29) is 12.4 Å². The van der Waals surface area contributed by atoms with Gasteiger partial charge in [-0.05, 0) is 45.6 Å². The Balaban J connectivity index is 1.86. The summed E-state index contributed by atoms with van der Waals surface area (Å²) >= 11 is 0. The quantitative estimate of drug-likeness (QED) is 0.862. The molecule has 0 aromatic carbocycles. The first kappa shape index (κ1) is 18.0. The summed E-state index contributed by atoms with van der Waals surface area (Å²) in [5, 5.41) is 9.28. The Kier molecular flexibility index (Phi) is 4.76. The summed E-state index contributed by atoms with van der Waals surface area (Å²) in [5.41, 5.74) is 0.0112. The number of hydrogen-bond donors (Lipinski definition) is 1. The minimum Gasteiger partial charge on any atom is -0.478 e. The van der Waals surface area contributed by atoms with Crippen molar-refractivity contribution in [1.82, 2.24) is 4.98 Å². The van der Waals surface area contributed by atoms with E-state index in [0.717, 1.165) is 12.8 Å². The molecule has 1 aromatic heterocycles. The summed E-state index contributed by atoms with van der Waals surface area (Å²) in [5.74, 6) is -0.208. The van der Waals surface area contributed by atoms with Crippen LogP contribution in [-0.4, -0.2) is 41.0 Å². The highest BCUT2D eigenvalue weighted by atomic mass is 16.6. The number of carbonyl (C=O) groups excluding carboxylic acids is 1. The zero-order valence-electron chi connectivity index (χ0n) is 15.1. The first-order valence-electron chi connectivity index (χ1n) is 8.54. The van der Waals surface area contributed by atoms with Gasteiger partial charge < -0.3 is 14.6 Å². The molecule has 1 aliphatic heterocycles. The molecule has 0 saturated heterocycles. The van der Waals surface area contributed by atoms with Crippen molar-refractivity contribution in [2.24, 2.45) is 5.92 Å². The molecule has 140 valence electrons. The van der Waals surface area contributed by atoms with E-state index in [1.54, 1.807) is 18.3 Å². The van der Waals surface area contributed by atoms with Crippen molar-refractivity contribution in [1.29, 1.82) is 0 Å². The standard InChI is InChI=1S/C18H23N3O5/c1-18(2,3)26-17(24)20(9-12-4-5-12)15-8-13(6-7-19-15)21-11-25-10-14(21)16(22)23/h6-8,10,12H,4-5,9,11H2,1-3H3,(H,22,23). The van der Waals surface area contributed by atoms with Crippen molar-refractivity contribution < 1.29 is 24.2 Å². The van der Waals surface area contributed by atoms with Gasteiger partial charge in [0.1, 0.15) is 17.7 Å². The topological polar surface area (TPSA) is 92.2 Å². The molecule has 1 aliphatic carbocycles. The zero-order chi connectivity index (χ0) is 18.9. The van der Waals surface area contributed by atoms with E-state index in [0.29, 0.717) is 24.0 Å². The fraction of sp³-hybridized carbons (Fsp3) is 0.500. The van der Waals surface area contributed by atoms with E-state index in [9.17, 15) is 14.7 Å². The minimum atomic E-state index is -1.08. The van der Waals surface area contributed by atoms with Crippen molar-refractivity contribution in [3.8, 4) is 0 Å². The largest absolute Gasteiger partial charge is 0.478 e. The van der Waals surface area contributed by atoms with Gasteiger partial charge in [0.15, 0.2) is 12.4 Å². The third-order valence-corrected chi connectivity index (χ3v) is 3.98. The Bertz CT molecular complexity index is 737. The average Bonchev–Trinajstić information content (AvgIpc) is 3.23. The van der Waals surface area contributed by atoms with Crippen molar-refractivity contribution in [3.05, 3.63) is 30.3 Å². The molecule has 8 nitrogen and oxygen atoms in total. The first-order valence-corrected chi connectivity index (χ1v) is 8.54. The molecule has 1 N–H and O–H groups in total. The van der Waals surface area contributed by atoms with Crippen LogP contribution < -0.4 is 9.80 Å². The third kappa shape index (κ3) is 4.25. The number of nitrogens with zero attached hydrogens (tertiary/aromatic N) is 3. The van der Waals surface area contributed by atoms with Crippen molar-refractivity contribution >= 4 is 23.6 Å². The van der Waals surface area contributed by atoms with E-state index in [4.69, 9.17) is 9.47 Å². The molecule has 26 heavy (non-hydrogen) atoms. The van der Waals surface area contributed by atoms with Crippen LogP contribution >= 0.6 is 0 Å². The molecule has 2 heterocycles. The van der Waals surface area contributed by atoms with Gasteiger partial charge in [-0.1, -0.05) is 0 Å². The highest BCUT2D eigenvalue weighted by molar-refractivity contribution is 5.92. The number of hydrogen-bond acceptors (Lipinski definition) is 6. The predicted molar refractivity (Wildman–Crippen MR) is 94.7 cm³/mol. The van der Waals surface area contributed by atoms with Gasteiger partial charge in [-0.15, -0.1) is 0 Å². The molecular formula is C18H23N3O5. The number of ether oxygens (including phenoxy) is 2. The predicted octanol–water partition coefficient (Wildman–Crippen LogP) is 2.95. The normalized spacial score (nSPS) is 16.7. The fourth-order valence-electron chi connectivity index (χ4n) is 2.56. The van der Waals surface area contributed by atoms with Crippen molar-refractivity contribution in [3.63, 3.8) is 0 Å². The number of carboxylic acids is 1. The zero-order valence-corrected chi connectivity index (χ0v) is 15.1. The van der Waals surface area contributed by atoms with Gasteiger partial charge in [-0.25, -0.2) is 14.6 Å². The molecule has 1 amide bonds. The molecule has 2 aliphatic rings. The van der Waals surface area contributed by atoms with Gasteiger partial charge in [0, 0.05) is 24.5 Å². The Morgan fingerprint density at radius 1 is 1.42 bits per heavy atom. The van der Waals surface area contributed by atoms with Gasteiger partial charge in [0.2, 0.25) is 0 Å². The Labute approximate surface area is 152 Å². The molecule has 1 saturated carbocycles. The van der Waals surface area contributed by atoms with Crippen LogP contribution in [0, 0.1) is 5.92 Å². The summed E-state index contributed by atoms with van der Waals surface area (Å²) in [6.45, 7) is 6.07. The number of pyridine rings is 1. The first-order chi connectivity index (χ1) is 12.2. The van der Waals surface area contributed by atoms with Crippen molar-refractivity contribution in [2.75, 3.05) is 23.1 Å². The molecule has 1 aromatic rings. The van der Waals surface area contributed by atoms with E-state index in [2.05, 4.69) is 4.98 Å². The minimum absolute atomic E-state index is 0.0353. The van der Waals surface area contributed by atoms with Gasteiger partial charge in [-0.3, -0.25) is 9.80 Å². The summed E-state index contributed by atoms with van der Waals surface area (Å²) in [7, 11) is 0. The van der Waals surface area contributed by atoms with Gasteiger partial charge in [0.25, 0.3) is 0 Å². The fourth-order valence-corrected chi connectivity index (χ4v) is 2.56. The molecule has 0 bridgehead atoms. The number of aliphatic carboxylic acids is 1. The van der Waals surface area contributed by atoms with Crippen LogP contribution in [0.25, 0.3) is 0 Å². The van der Waals surface area contributed by atoms with Crippen LogP contribution in [0.3, 0.4) is 0 Å². The second kappa shape index (κ2) is 6.86.